The van der Waals surface area contributed by atoms with Crippen molar-refractivity contribution >= 4 is 43.4 Å². The highest BCUT2D eigenvalue weighted by atomic mass is 32.1. The maximum atomic E-state index is 6.89. The van der Waals surface area contributed by atoms with Gasteiger partial charge in [-0.3, -0.25) is 0 Å². The van der Waals surface area contributed by atoms with Crippen LogP contribution in [0.15, 0.2) is 90.1 Å². The van der Waals surface area contributed by atoms with Gasteiger partial charge in [-0.25, -0.2) is 0 Å². The first-order chi connectivity index (χ1) is 22.7. The third kappa shape index (κ3) is 3.32. The molecule has 3 nitrogen and oxygen atoms in total. The summed E-state index contributed by atoms with van der Waals surface area (Å²) in [5.74, 6) is 0.540. The van der Waals surface area contributed by atoms with E-state index in [1.165, 1.54) is 87.2 Å². The average Bonchev–Trinajstić information content (AvgIpc) is 3.54. The maximum Gasteiger partial charge on any atom is 0.217 e. The van der Waals surface area contributed by atoms with E-state index in [9.17, 15) is 0 Å². The van der Waals surface area contributed by atoms with Crippen molar-refractivity contribution < 1.29 is 13.6 Å². The van der Waals surface area contributed by atoms with E-state index in [-0.39, 0.29) is 11.5 Å². The molecule has 4 heteroatoms. The number of fused-ring (bicyclic) bond motifs is 16. The zero-order chi connectivity index (χ0) is 32.1. The predicted molar refractivity (Wildman–Crippen MR) is 192 cm³/mol. The molecular weight excluding hydrogens is 593 g/mol. The van der Waals surface area contributed by atoms with E-state index in [0.29, 0.717) is 12.0 Å². The molecule has 4 atom stereocenters. The molecule has 1 saturated carbocycles. The summed E-state index contributed by atoms with van der Waals surface area (Å²) in [4.78, 5) is 1.38. The molecule has 3 aliphatic rings. The zero-order valence-electron chi connectivity index (χ0n) is 27.9. The lowest BCUT2D eigenvalue weighted by Crippen LogP contribution is -2.80. The molecule has 10 rings (SSSR count). The van der Waals surface area contributed by atoms with E-state index in [1.54, 1.807) is 0 Å². The Morgan fingerprint density at radius 1 is 0.830 bits per heavy atom. The van der Waals surface area contributed by atoms with Crippen LogP contribution in [-0.2, 0) is 12.0 Å². The second kappa shape index (κ2) is 9.08. The number of thiophene rings is 1. The van der Waals surface area contributed by atoms with Crippen molar-refractivity contribution in [3.8, 4) is 22.5 Å². The minimum absolute atomic E-state index is 0.191. The Hall–Kier alpha value is -4.54. The van der Waals surface area contributed by atoms with Crippen LogP contribution in [0.2, 0.25) is 0 Å². The van der Waals surface area contributed by atoms with Gasteiger partial charge in [-0.2, -0.15) is 9.13 Å². The van der Waals surface area contributed by atoms with Crippen molar-refractivity contribution in [2.75, 3.05) is 0 Å². The number of furan rings is 1. The monoisotopic (exact) mass is 630 g/mol. The molecule has 1 aliphatic carbocycles. The topological polar surface area (TPSA) is 20.9 Å². The Balaban J connectivity index is 1.25. The van der Waals surface area contributed by atoms with Gasteiger partial charge in [0.1, 0.15) is 23.0 Å². The number of allylic oxidation sites excluding steroid dienone is 1. The Labute approximate surface area is 279 Å². The molecule has 0 radical (unpaired) electrons. The fraction of sp³-hybridized carbons (Fsp3) is 0.256. The zero-order valence-corrected chi connectivity index (χ0v) is 28.7. The van der Waals surface area contributed by atoms with Gasteiger partial charge in [0, 0.05) is 50.0 Å². The van der Waals surface area contributed by atoms with Crippen LogP contribution in [-0.4, -0.2) is 0 Å². The van der Waals surface area contributed by atoms with Crippen LogP contribution >= 0.6 is 11.3 Å². The van der Waals surface area contributed by atoms with Crippen LogP contribution in [0.1, 0.15) is 55.8 Å². The van der Waals surface area contributed by atoms with Gasteiger partial charge < -0.3 is 4.42 Å². The van der Waals surface area contributed by atoms with Gasteiger partial charge in [-0.1, -0.05) is 35.9 Å². The minimum atomic E-state index is -0.191. The second-order valence-electron chi connectivity index (χ2n) is 14.6. The van der Waals surface area contributed by atoms with E-state index < -0.39 is 0 Å². The number of benzene rings is 3. The third-order valence-corrected chi connectivity index (χ3v) is 13.3. The fourth-order valence-electron chi connectivity index (χ4n) is 9.66. The van der Waals surface area contributed by atoms with Crippen molar-refractivity contribution in [3.05, 3.63) is 130 Å². The molecule has 4 aromatic heterocycles. The Morgan fingerprint density at radius 3 is 2.49 bits per heavy atom. The smallest absolute Gasteiger partial charge is 0.217 e. The van der Waals surface area contributed by atoms with Gasteiger partial charge in [0.05, 0.1) is 11.1 Å². The number of pyridine rings is 2. The summed E-state index contributed by atoms with van der Waals surface area (Å²) < 4.78 is 13.4. The van der Waals surface area contributed by atoms with E-state index in [2.05, 4.69) is 136 Å². The Bertz CT molecular complexity index is 2570. The van der Waals surface area contributed by atoms with Crippen LogP contribution in [0.25, 0.3) is 54.5 Å². The second-order valence-corrected chi connectivity index (χ2v) is 15.8. The number of nitrogens with zero attached hydrogens (tertiary/aromatic N) is 2. The van der Waals surface area contributed by atoms with Gasteiger partial charge in [0.15, 0.2) is 24.0 Å². The summed E-state index contributed by atoms with van der Waals surface area (Å²) in [7, 11) is 0. The molecule has 0 N–H and O–H groups in total. The Morgan fingerprint density at radius 2 is 1.66 bits per heavy atom. The van der Waals surface area contributed by atoms with Gasteiger partial charge in [0.25, 0.3) is 0 Å². The fourth-order valence-corrected chi connectivity index (χ4v) is 10.7. The molecule has 0 bridgehead atoms. The minimum Gasteiger partial charge on any atom is -0.455 e. The summed E-state index contributed by atoms with van der Waals surface area (Å²) in [6.07, 6.45) is 7.99. The lowest BCUT2D eigenvalue weighted by Gasteiger charge is -2.56. The number of rotatable bonds is 1. The third-order valence-electron chi connectivity index (χ3n) is 12.1. The summed E-state index contributed by atoms with van der Waals surface area (Å²) in [6, 6.07) is 23.8. The maximum absolute atomic E-state index is 6.89. The number of hydrogen-bond acceptors (Lipinski definition) is 2. The van der Waals surface area contributed by atoms with Crippen LogP contribution in [0.3, 0.4) is 0 Å². The molecule has 0 saturated heterocycles. The van der Waals surface area contributed by atoms with E-state index in [1.807, 2.05) is 11.3 Å². The van der Waals surface area contributed by atoms with Gasteiger partial charge in [-0.15, -0.1) is 17.9 Å². The first-order valence-corrected chi connectivity index (χ1v) is 17.7. The summed E-state index contributed by atoms with van der Waals surface area (Å²) in [6.45, 7) is 17.9. The van der Waals surface area contributed by atoms with Gasteiger partial charge in [0.2, 0.25) is 11.4 Å². The molecular formula is C43H38N2OS+2. The van der Waals surface area contributed by atoms with Crippen LogP contribution < -0.4 is 9.13 Å². The van der Waals surface area contributed by atoms with Crippen LogP contribution in [0.4, 0.5) is 0 Å². The lowest BCUT2D eigenvalue weighted by atomic mass is 9.48. The number of aryl methyl sites for hydroxylation is 6. The van der Waals surface area contributed by atoms with E-state index in [4.69, 9.17) is 4.42 Å². The van der Waals surface area contributed by atoms with E-state index >= 15 is 0 Å². The molecule has 0 amide bonds. The summed E-state index contributed by atoms with van der Waals surface area (Å²) in [5.41, 5.74) is 16.4. The van der Waals surface area contributed by atoms with Gasteiger partial charge >= 0.3 is 0 Å². The SMILES string of the molecule is C=CC1C2C(c3cc(C)ccc3-c3cc(C)c(C)c[n+]32)C12Cc1ccc3c(oc4cc5sc(C)c(C)c5cc43)c1-c1ccc(C)c[n+]12. The molecule has 47 heavy (non-hydrogen) atoms. The quantitative estimate of drug-likeness (QED) is 0.131. The standard InChI is InChI=1S/C43H38N2OS/c1-8-34-41-40(33-15-22(2)9-12-29(33)36-16-24(4)25(5)21-44(36)41)43(34)19-28-11-13-30-32-17-31-26(6)27(7)47-38(31)18-37(32)46-42(30)39(28)35-14-10-23(3)20-45(35)43/h8-18,20-21,34,40-41H,1,19H2,2-7H3/q+2. The van der Waals surface area contributed by atoms with Crippen molar-refractivity contribution in [2.45, 2.75) is 65.5 Å². The molecule has 6 heterocycles. The first-order valence-electron chi connectivity index (χ1n) is 16.9. The van der Waals surface area contributed by atoms with E-state index in [0.717, 1.165) is 17.6 Å². The highest BCUT2D eigenvalue weighted by Crippen LogP contribution is 2.64. The molecule has 4 unspecified atom stereocenters. The Kier molecular flexibility index (Phi) is 5.32. The lowest BCUT2D eigenvalue weighted by molar-refractivity contribution is -0.837. The average molecular weight is 631 g/mol. The summed E-state index contributed by atoms with van der Waals surface area (Å²) >= 11 is 1.86. The van der Waals surface area contributed by atoms with Gasteiger partial charge in [-0.05, 0) is 93.4 Å². The number of aromatic nitrogens is 2. The molecule has 1 spiro atoms. The molecule has 1 fully saturated rings. The predicted octanol–water partition coefficient (Wildman–Crippen LogP) is 9.97. The van der Waals surface area contributed by atoms with Crippen LogP contribution in [0.5, 0.6) is 0 Å². The van der Waals surface area contributed by atoms with Crippen molar-refractivity contribution in [2.24, 2.45) is 5.92 Å². The van der Waals surface area contributed by atoms with Crippen molar-refractivity contribution in [1.29, 1.82) is 0 Å². The molecule has 7 aromatic rings. The van der Waals surface area contributed by atoms with Crippen LogP contribution in [0, 0.1) is 47.5 Å². The largest absolute Gasteiger partial charge is 0.455 e. The molecule has 230 valence electrons. The highest BCUT2D eigenvalue weighted by molar-refractivity contribution is 7.19. The molecule has 3 aromatic carbocycles. The summed E-state index contributed by atoms with van der Waals surface area (Å²) in [5, 5.41) is 3.75. The van der Waals surface area contributed by atoms with Crippen molar-refractivity contribution in [1.82, 2.24) is 0 Å². The highest BCUT2D eigenvalue weighted by Gasteiger charge is 2.76. The normalized spacial score (nSPS) is 22.1. The first kappa shape index (κ1) is 27.6. The van der Waals surface area contributed by atoms with Crippen molar-refractivity contribution in [3.63, 3.8) is 0 Å². The number of hydrogen-bond donors (Lipinski definition) is 0. The molecule has 2 aliphatic heterocycles.